The largest absolute Gasteiger partial charge is 0.353 e. The quantitative estimate of drug-likeness (QED) is 0.790. The molecule has 1 saturated heterocycles. The van der Waals surface area contributed by atoms with Gasteiger partial charge in [0, 0.05) is 12.0 Å². The van der Waals surface area contributed by atoms with E-state index in [4.69, 9.17) is 0 Å². The van der Waals surface area contributed by atoms with Gasteiger partial charge in [-0.3, -0.25) is 4.79 Å². The number of halogens is 1. The fourth-order valence-corrected chi connectivity index (χ4v) is 4.17. The van der Waals surface area contributed by atoms with E-state index < -0.39 is 0 Å². The van der Waals surface area contributed by atoms with Crippen LogP contribution in [0.25, 0.3) is 0 Å². The summed E-state index contributed by atoms with van der Waals surface area (Å²) < 4.78 is 0. The lowest BCUT2D eigenvalue weighted by Crippen LogP contribution is -2.44. The molecule has 2 unspecified atom stereocenters. The summed E-state index contributed by atoms with van der Waals surface area (Å²) >= 11 is 0. The van der Waals surface area contributed by atoms with E-state index in [0.29, 0.717) is 23.3 Å². The van der Waals surface area contributed by atoms with E-state index >= 15 is 0 Å². The molecule has 2 N–H and O–H groups in total. The van der Waals surface area contributed by atoms with Crippen LogP contribution in [-0.2, 0) is 4.79 Å². The van der Waals surface area contributed by atoms with Crippen molar-refractivity contribution < 1.29 is 4.79 Å². The van der Waals surface area contributed by atoms with E-state index in [1.807, 2.05) is 0 Å². The molecule has 4 heteroatoms. The number of amides is 1. The molecule has 1 aliphatic heterocycles. The van der Waals surface area contributed by atoms with E-state index in [2.05, 4.69) is 17.6 Å². The predicted octanol–water partition coefficient (Wildman–Crippen LogP) is 3.27. The molecule has 2 atom stereocenters. The van der Waals surface area contributed by atoms with Crippen LogP contribution in [0.2, 0.25) is 0 Å². The van der Waals surface area contributed by atoms with Crippen LogP contribution >= 0.6 is 12.4 Å². The van der Waals surface area contributed by atoms with Crippen LogP contribution in [0.1, 0.15) is 64.7 Å². The zero-order valence-electron chi connectivity index (χ0n) is 13.3. The third-order valence-electron chi connectivity index (χ3n) is 6.02. The molecule has 122 valence electrons. The number of unbranched alkanes of at least 4 members (excludes halogenated alkanes) is 1. The van der Waals surface area contributed by atoms with Crippen LogP contribution in [0.15, 0.2) is 0 Å². The number of hydrogen-bond donors (Lipinski definition) is 2. The molecule has 1 spiro atoms. The van der Waals surface area contributed by atoms with E-state index in [1.165, 1.54) is 51.4 Å². The van der Waals surface area contributed by atoms with Crippen LogP contribution in [0, 0.1) is 17.3 Å². The highest BCUT2D eigenvalue weighted by Gasteiger charge is 2.57. The van der Waals surface area contributed by atoms with Gasteiger partial charge in [-0.25, -0.2) is 0 Å². The van der Waals surface area contributed by atoms with Crippen LogP contribution in [0.5, 0.6) is 0 Å². The van der Waals surface area contributed by atoms with Crippen LogP contribution < -0.4 is 10.6 Å². The van der Waals surface area contributed by atoms with Gasteiger partial charge in [0.2, 0.25) is 5.91 Å². The third-order valence-corrected chi connectivity index (χ3v) is 6.02. The highest BCUT2D eigenvalue weighted by Crippen LogP contribution is 2.58. The number of hydrogen-bond acceptors (Lipinski definition) is 2. The van der Waals surface area contributed by atoms with Gasteiger partial charge < -0.3 is 10.6 Å². The number of rotatable bonds is 6. The smallest absolute Gasteiger partial charge is 0.223 e. The number of nitrogens with one attached hydrogen (secondary N) is 2. The van der Waals surface area contributed by atoms with Gasteiger partial charge in [0.05, 0.1) is 0 Å². The molecule has 3 rings (SSSR count). The highest BCUT2D eigenvalue weighted by atomic mass is 35.5. The van der Waals surface area contributed by atoms with Crippen molar-refractivity contribution in [2.75, 3.05) is 13.1 Å². The Kier molecular flexibility index (Phi) is 5.96. The summed E-state index contributed by atoms with van der Waals surface area (Å²) in [6, 6.07) is 0.468. The van der Waals surface area contributed by atoms with Crippen molar-refractivity contribution in [2.45, 2.75) is 70.8 Å². The molecule has 3 aliphatic rings. The third kappa shape index (κ3) is 3.73. The normalized spacial score (nSPS) is 28.3. The van der Waals surface area contributed by atoms with Crippen molar-refractivity contribution >= 4 is 18.3 Å². The van der Waals surface area contributed by atoms with Gasteiger partial charge in [-0.05, 0) is 62.9 Å². The molecule has 1 amide bonds. The number of carbonyl (C=O) groups excluding carboxylic acids is 1. The van der Waals surface area contributed by atoms with Crippen LogP contribution in [0.4, 0.5) is 0 Å². The minimum atomic E-state index is 0. The van der Waals surface area contributed by atoms with E-state index in [1.54, 1.807) is 0 Å². The highest BCUT2D eigenvalue weighted by molar-refractivity contribution is 5.85. The van der Waals surface area contributed by atoms with Gasteiger partial charge in [0.25, 0.3) is 0 Å². The summed E-state index contributed by atoms with van der Waals surface area (Å²) in [5.41, 5.74) is 0.379. The molecule has 2 saturated carbocycles. The summed E-state index contributed by atoms with van der Waals surface area (Å²) in [6.45, 7) is 4.45. The summed E-state index contributed by atoms with van der Waals surface area (Å²) in [6.07, 6.45) is 11.2. The first-order valence-electron chi connectivity index (χ1n) is 8.76. The van der Waals surface area contributed by atoms with Gasteiger partial charge in [0.15, 0.2) is 0 Å². The van der Waals surface area contributed by atoms with Crippen molar-refractivity contribution in [3.05, 3.63) is 0 Å². The first-order valence-corrected chi connectivity index (χ1v) is 8.76. The lowest BCUT2D eigenvalue weighted by molar-refractivity contribution is -0.124. The van der Waals surface area contributed by atoms with Crippen molar-refractivity contribution in [1.29, 1.82) is 0 Å². The maximum absolute atomic E-state index is 12.6. The minimum absolute atomic E-state index is 0. The molecule has 0 aromatic rings. The van der Waals surface area contributed by atoms with Gasteiger partial charge in [-0.2, -0.15) is 0 Å². The molecule has 3 fully saturated rings. The first-order chi connectivity index (χ1) is 9.75. The second kappa shape index (κ2) is 7.32. The lowest BCUT2D eigenvalue weighted by atomic mass is 9.78. The minimum Gasteiger partial charge on any atom is -0.353 e. The van der Waals surface area contributed by atoms with E-state index in [9.17, 15) is 4.79 Å². The molecular weight excluding hydrogens is 284 g/mol. The predicted molar refractivity (Wildman–Crippen MR) is 88.7 cm³/mol. The average molecular weight is 315 g/mol. The first kappa shape index (κ1) is 17.1. The molecule has 0 bridgehead atoms. The summed E-state index contributed by atoms with van der Waals surface area (Å²) in [5, 5.41) is 6.84. The van der Waals surface area contributed by atoms with Crippen LogP contribution in [0.3, 0.4) is 0 Å². The summed E-state index contributed by atoms with van der Waals surface area (Å²) in [5.74, 6) is 1.47. The molecule has 0 aromatic heterocycles. The topological polar surface area (TPSA) is 41.1 Å². The van der Waals surface area contributed by atoms with Crippen LogP contribution in [-0.4, -0.2) is 25.0 Å². The van der Waals surface area contributed by atoms with Crippen molar-refractivity contribution in [3.63, 3.8) is 0 Å². The van der Waals surface area contributed by atoms with Crippen molar-refractivity contribution in [1.82, 2.24) is 10.6 Å². The zero-order chi connectivity index (χ0) is 14.0. The Balaban J connectivity index is 0.00000161. The van der Waals surface area contributed by atoms with Gasteiger partial charge in [0.1, 0.15) is 0 Å². The molecule has 0 aromatic carbocycles. The SMILES string of the molecule is CCCCC(NC(=O)C1CC12CCNCC2)C1CCC1.Cl. The summed E-state index contributed by atoms with van der Waals surface area (Å²) in [7, 11) is 0. The molecule has 3 nitrogen and oxygen atoms in total. The second-order valence-corrected chi connectivity index (χ2v) is 7.32. The summed E-state index contributed by atoms with van der Waals surface area (Å²) in [4.78, 5) is 12.6. The standard InChI is InChI=1S/C17H30N2O.ClH/c1-2-3-7-15(13-5-4-6-13)19-16(20)14-12-17(14)8-10-18-11-9-17;/h13-15,18H,2-12H2,1H3,(H,19,20);1H. The molecule has 2 aliphatic carbocycles. The molecule has 0 radical (unpaired) electrons. The number of piperidine rings is 1. The lowest BCUT2D eigenvalue weighted by Gasteiger charge is -2.35. The Morgan fingerprint density at radius 1 is 1.33 bits per heavy atom. The second-order valence-electron chi connectivity index (χ2n) is 7.32. The Morgan fingerprint density at radius 3 is 2.62 bits per heavy atom. The van der Waals surface area contributed by atoms with Gasteiger partial charge in [-0.1, -0.05) is 26.2 Å². The number of carbonyl (C=O) groups is 1. The Bertz CT molecular complexity index is 351. The maximum atomic E-state index is 12.6. The van der Waals surface area contributed by atoms with E-state index in [-0.39, 0.29) is 12.4 Å². The Morgan fingerprint density at radius 2 is 2.05 bits per heavy atom. The fourth-order valence-electron chi connectivity index (χ4n) is 4.17. The Hall–Kier alpha value is -0.280. The molecular formula is C17H31ClN2O. The fraction of sp³-hybridized carbons (Fsp3) is 0.941. The molecule has 1 heterocycles. The van der Waals surface area contributed by atoms with Gasteiger partial charge in [-0.15, -0.1) is 12.4 Å². The van der Waals surface area contributed by atoms with Gasteiger partial charge >= 0.3 is 0 Å². The Labute approximate surface area is 135 Å². The zero-order valence-corrected chi connectivity index (χ0v) is 14.1. The van der Waals surface area contributed by atoms with Crippen molar-refractivity contribution in [3.8, 4) is 0 Å². The van der Waals surface area contributed by atoms with Crippen molar-refractivity contribution in [2.24, 2.45) is 17.3 Å². The average Bonchev–Trinajstić information content (AvgIpc) is 3.08. The monoisotopic (exact) mass is 314 g/mol. The maximum Gasteiger partial charge on any atom is 0.223 e. The molecule has 21 heavy (non-hydrogen) atoms. The van der Waals surface area contributed by atoms with E-state index in [0.717, 1.165) is 25.4 Å².